The first-order chi connectivity index (χ1) is 14.0. The summed E-state index contributed by atoms with van der Waals surface area (Å²) < 4.78 is 1.32. The van der Waals surface area contributed by atoms with Gasteiger partial charge in [0.25, 0.3) is 11.5 Å². The number of pyridine rings is 1. The maximum atomic E-state index is 12.7. The van der Waals surface area contributed by atoms with E-state index in [-0.39, 0.29) is 11.5 Å². The summed E-state index contributed by atoms with van der Waals surface area (Å²) in [5.41, 5.74) is 1.94. The molecule has 1 saturated carbocycles. The highest BCUT2D eigenvalue weighted by molar-refractivity contribution is 5.93. The Morgan fingerprint density at radius 1 is 1.28 bits per heavy atom. The Kier molecular flexibility index (Phi) is 5.00. The lowest BCUT2D eigenvalue weighted by molar-refractivity contribution is 0.0927. The molecule has 3 aromatic rings. The number of amides is 1. The average Bonchev–Trinajstić information content (AvgIpc) is 3.11. The van der Waals surface area contributed by atoms with Crippen LogP contribution >= 0.6 is 0 Å². The van der Waals surface area contributed by atoms with Gasteiger partial charge < -0.3 is 5.32 Å². The van der Waals surface area contributed by atoms with Crippen molar-refractivity contribution in [3.8, 4) is 23.0 Å². The van der Waals surface area contributed by atoms with Gasteiger partial charge in [-0.3, -0.25) is 14.7 Å². The molecule has 2 heterocycles. The van der Waals surface area contributed by atoms with Crippen LogP contribution in [0.3, 0.4) is 0 Å². The Morgan fingerprint density at radius 2 is 2.03 bits per heavy atom. The fourth-order valence-electron chi connectivity index (χ4n) is 3.70. The second kappa shape index (κ2) is 7.76. The molecule has 1 aliphatic carbocycles. The minimum Gasteiger partial charge on any atom is -0.352 e. The van der Waals surface area contributed by atoms with Crippen LogP contribution in [0.2, 0.25) is 0 Å². The predicted molar refractivity (Wildman–Crippen MR) is 109 cm³/mol. The van der Waals surface area contributed by atoms with E-state index in [4.69, 9.17) is 5.26 Å². The summed E-state index contributed by atoms with van der Waals surface area (Å²) in [4.78, 5) is 29.3. The Hall–Kier alpha value is -3.66. The zero-order valence-electron chi connectivity index (χ0n) is 16.1. The molecule has 0 atom stereocenters. The molecular formula is C22H21N5O2. The predicted octanol–water partition coefficient (Wildman–Crippen LogP) is 2.88. The lowest BCUT2D eigenvalue weighted by atomic mass is 9.76. The standard InChI is InChI=1S/C22H21N5O2/c1-14-8-16(9-14)11-25-21(28)18-6-7-20(24-12-18)27-22(29)19(13-26-27)17-4-2-15(10-23)3-5-17/h2-7,12-14,16,26H,8-9,11H2,1H3,(H,25,28). The van der Waals surface area contributed by atoms with Crippen molar-refractivity contribution in [1.29, 1.82) is 5.26 Å². The van der Waals surface area contributed by atoms with Crippen molar-refractivity contribution in [2.45, 2.75) is 19.8 Å². The zero-order chi connectivity index (χ0) is 20.4. The molecule has 1 aliphatic rings. The Bertz CT molecular complexity index is 1110. The summed E-state index contributed by atoms with van der Waals surface area (Å²) in [6, 6.07) is 12.2. The van der Waals surface area contributed by atoms with Gasteiger partial charge in [0, 0.05) is 18.9 Å². The maximum absolute atomic E-state index is 12.7. The lowest BCUT2D eigenvalue weighted by Crippen LogP contribution is -2.35. The Balaban J connectivity index is 1.47. The summed E-state index contributed by atoms with van der Waals surface area (Å²) in [5, 5.41) is 14.7. The number of aromatic nitrogens is 3. The molecule has 2 N–H and O–H groups in total. The molecule has 146 valence electrons. The van der Waals surface area contributed by atoms with Gasteiger partial charge in [-0.25, -0.2) is 9.67 Å². The molecule has 1 amide bonds. The highest BCUT2D eigenvalue weighted by atomic mass is 16.1. The number of nitrogens with zero attached hydrogens (tertiary/aromatic N) is 3. The first kappa shape index (κ1) is 18.7. The van der Waals surface area contributed by atoms with E-state index in [1.54, 1.807) is 42.6 Å². The molecule has 29 heavy (non-hydrogen) atoms. The zero-order valence-corrected chi connectivity index (χ0v) is 16.1. The van der Waals surface area contributed by atoms with Gasteiger partial charge in [0.1, 0.15) is 0 Å². The molecule has 1 fully saturated rings. The molecule has 0 radical (unpaired) electrons. The van der Waals surface area contributed by atoms with E-state index in [1.807, 2.05) is 0 Å². The highest BCUT2D eigenvalue weighted by Crippen LogP contribution is 2.32. The number of nitrogens with one attached hydrogen (secondary N) is 2. The van der Waals surface area contributed by atoms with Crippen molar-refractivity contribution < 1.29 is 4.79 Å². The third-order valence-electron chi connectivity index (χ3n) is 5.36. The number of hydrogen-bond donors (Lipinski definition) is 2. The summed E-state index contributed by atoms with van der Waals surface area (Å²) in [6.07, 6.45) is 5.40. The van der Waals surface area contributed by atoms with Crippen LogP contribution in [-0.4, -0.2) is 27.2 Å². The monoisotopic (exact) mass is 387 g/mol. The van der Waals surface area contributed by atoms with Crippen molar-refractivity contribution >= 4 is 5.91 Å². The number of carbonyl (C=O) groups is 1. The third kappa shape index (κ3) is 3.83. The van der Waals surface area contributed by atoms with E-state index in [0.29, 0.717) is 40.5 Å². The van der Waals surface area contributed by atoms with Gasteiger partial charge in [-0.15, -0.1) is 0 Å². The molecule has 7 nitrogen and oxygen atoms in total. The molecule has 4 rings (SSSR count). The number of nitriles is 1. The van der Waals surface area contributed by atoms with Gasteiger partial charge in [0.15, 0.2) is 5.82 Å². The molecule has 1 aromatic carbocycles. The fraction of sp³-hybridized carbons (Fsp3) is 0.273. The summed E-state index contributed by atoms with van der Waals surface area (Å²) in [7, 11) is 0. The lowest BCUT2D eigenvalue weighted by Gasteiger charge is -2.32. The molecule has 7 heteroatoms. The van der Waals surface area contributed by atoms with E-state index < -0.39 is 0 Å². The van der Waals surface area contributed by atoms with Gasteiger partial charge in [0.2, 0.25) is 0 Å². The molecule has 0 spiro atoms. The number of carbonyl (C=O) groups excluding carboxylic acids is 1. The van der Waals surface area contributed by atoms with Crippen LogP contribution in [0.5, 0.6) is 0 Å². The summed E-state index contributed by atoms with van der Waals surface area (Å²) >= 11 is 0. The van der Waals surface area contributed by atoms with E-state index in [2.05, 4.69) is 28.4 Å². The third-order valence-corrected chi connectivity index (χ3v) is 5.36. The van der Waals surface area contributed by atoms with Crippen molar-refractivity contribution in [1.82, 2.24) is 20.1 Å². The average molecular weight is 387 g/mol. The number of H-pyrrole nitrogens is 1. The SMILES string of the molecule is CC1CC(CNC(=O)c2ccc(-n3[nH]cc(-c4ccc(C#N)cc4)c3=O)nc2)C1. The second-order valence-corrected chi connectivity index (χ2v) is 7.57. The van der Waals surface area contributed by atoms with Crippen LogP contribution < -0.4 is 10.9 Å². The van der Waals surface area contributed by atoms with Gasteiger partial charge in [0.05, 0.1) is 22.8 Å². The minimum atomic E-state index is -0.251. The van der Waals surface area contributed by atoms with Crippen molar-refractivity contribution in [3.05, 3.63) is 70.3 Å². The van der Waals surface area contributed by atoms with Crippen LogP contribution in [0.4, 0.5) is 0 Å². The molecule has 0 bridgehead atoms. The fourth-order valence-corrected chi connectivity index (χ4v) is 3.70. The second-order valence-electron chi connectivity index (χ2n) is 7.57. The van der Waals surface area contributed by atoms with Crippen LogP contribution in [0, 0.1) is 23.2 Å². The Morgan fingerprint density at radius 3 is 2.66 bits per heavy atom. The minimum absolute atomic E-state index is 0.152. The topological polar surface area (TPSA) is 104 Å². The maximum Gasteiger partial charge on any atom is 0.280 e. The van der Waals surface area contributed by atoms with Gasteiger partial charge in [-0.1, -0.05) is 19.1 Å². The van der Waals surface area contributed by atoms with Gasteiger partial charge in [-0.2, -0.15) is 5.26 Å². The summed E-state index contributed by atoms with van der Waals surface area (Å²) in [5.74, 6) is 1.57. The summed E-state index contributed by atoms with van der Waals surface area (Å²) in [6.45, 7) is 2.91. The van der Waals surface area contributed by atoms with Gasteiger partial charge >= 0.3 is 0 Å². The molecule has 0 aliphatic heterocycles. The van der Waals surface area contributed by atoms with Crippen LogP contribution in [0.1, 0.15) is 35.7 Å². The van der Waals surface area contributed by atoms with Crippen LogP contribution in [0.15, 0.2) is 53.6 Å². The normalized spacial score (nSPS) is 17.9. The largest absolute Gasteiger partial charge is 0.352 e. The first-order valence-electron chi connectivity index (χ1n) is 9.60. The molecule has 0 saturated heterocycles. The van der Waals surface area contributed by atoms with Crippen molar-refractivity contribution in [3.63, 3.8) is 0 Å². The van der Waals surface area contributed by atoms with Crippen molar-refractivity contribution in [2.24, 2.45) is 11.8 Å². The van der Waals surface area contributed by atoms with Crippen molar-refractivity contribution in [2.75, 3.05) is 6.54 Å². The quantitative estimate of drug-likeness (QED) is 0.702. The van der Waals surface area contributed by atoms with Gasteiger partial charge in [-0.05, 0) is 54.5 Å². The van der Waals surface area contributed by atoms with E-state index >= 15 is 0 Å². The van der Waals surface area contributed by atoms with E-state index in [0.717, 1.165) is 18.8 Å². The number of aromatic amines is 1. The van der Waals surface area contributed by atoms with E-state index in [1.165, 1.54) is 10.9 Å². The number of hydrogen-bond acceptors (Lipinski definition) is 4. The first-order valence-corrected chi connectivity index (χ1v) is 9.60. The molecule has 2 aromatic heterocycles. The van der Waals surface area contributed by atoms with Crippen LogP contribution in [-0.2, 0) is 0 Å². The molecular weight excluding hydrogens is 366 g/mol. The molecule has 0 unspecified atom stereocenters. The Labute approximate surface area is 168 Å². The van der Waals surface area contributed by atoms with Crippen LogP contribution in [0.25, 0.3) is 16.9 Å². The highest BCUT2D eigenvalue weighted by Gasteiger charge is 2.25. The smallest absolute Gasteiger partial charge is 0.280 e. The van der Waals surface area contributed by atoms with E-state index in [9.17, 15) is 9.59 Å². The number of rotatable bonds is 5. The number of benzene rings is 1.